The molecule has 0 radical (unpaired) electrons. The van der Waals surface area contributed by atoms with Gasteiger partial charge in [0.15, 0.2) is 5.82 Å². The van der Waals surface area contributed by atoms with Gasteiger partial charge in [-0.2, -0.15) is 4.90 Å². The number of rotatable bonds is 2. The van der Waals surface area contributed by atoms with E-state index in [4.69, 9.17) is 4.74 Å². The number of pyridine rings is 1. The highest BCUT2D eigenvalue weighted by atomic mass is 79.9. The lowest BCUT2D eigenvalue weighted by Crippen LogP contribution is -2.45. The van der Waals surface area contributed by atoms with Gasteiger partial charge >= 0.3 is 12.2 Å². The van der Waals surface area contributed by atoms with Crippen molar-refractivity contribution in [2.45, 2.75) is 46.6 Å². The second-order valence-electron chi connectivity index (χ2n) is 7.54. The maximum Gasteiger partial charge on any atom is 0.423 e. The monoisotopic (exact) mass is 453 g/mol. The van der Waals surface area contributed by atoms with Gasteiger partial charge in [-0.3, -0.25) is 4.79 Å². The van der Waals surface area contributed by atoms with Gasteiger partial charge in [-0.1, -0.05) is 6.08 Å². The maximum atomic E-state index is 13.2. The average Bonchev–Trinajstić information content (AvgIpc) is 2.58. The predicted molar refractivity (Wildman–Crippen MR) is 107 cm³/mol. The summed E-state index contributed by atoms with van der Waals surface area (Å²) in [5.74, 6) is -0.549. The molecule has 8 nitrogen and oxygen atoms in total. The number of halogens is 1. The molecule has 0 saturated carbocycles. The largest absolute Gasteiger partial charge is 0.465 e. The minimum absolute atomic E-state index is 0.101. The first-order chi connectivity index (χ1) is 12.9. The molecular weight excluding hydrogens is 430 g/mol. The van der Waals surface area contributed by atoms with E-state index in [1.165, 1.54) is 0 Å². The normalized spacial score (nSPS) is 14.4. The Bertz CT molecular complexity index is 845. The summed E-state index contributed by atoms with van der Waals surface area (Å²) < 4.78 is 5.87. The van der Waals surface area contributed by atoms with Crippen molar-refractivity contribution in [2.24, 2.45) is 0 Å². The SMILES string of the molecule is Cc1cc(Br)c(N(C(=O)OC(C)(C)C)C(=O)C2=CCCN(C(=O)O)C2)nc1C. The smallest absolute Gasteiger partial charge is 0.423 e. The highest BCUT2D eigenvalue weighted by Gasteiger charge is 2.35. The average molecular weight is 454 g/mol. The summed E-state index contributed by atoms with van der Waals surface area (Å²) in [7, 11) is 0. The molecule has 1 N–H and O–H groups in total. The second kappa shape index (κ2) is 8.30. The van der Waals surface area contributed by atoms with E-state index in [1.54, 1.807) is 39.8 Å². The molecule has 0 fully saturated rings. The highest BCUT2D eigenvalue weighted by molar-refractivity contribution is 9.10. The molecule has 9 heteroatoms. The molecule has 1 aliphatic heterocycles. The van der Waals surface area contributed by atoms with Gasteiger partial charge in [-0.05, 0) is 68.6 Å². The third-order valence-corrected chi connectivity index (χ3v) is 4.67. The first kappa shape index (κ1) is 21.9. The van der Waals surface area contributed by atoms with Crippen LogP contribution in [0.3, 0.4) is 0 Å². The summed E-state index contributed by atoms with van der Waals surface area (Å²) in [6.07, 6.45) is 0.0422. The minimum atomic E-state index is -1.12. The lowest BCUT2D eigenvalue weighted by Gasteiger charge is -2.29. The van der Waals surface area contributed by atoms with Crippen LogP contribution in [0.2, 0.25) is 0 Å². The third kappa shape index (κ3) is 5.09. The number of imide groups is 1. The number of aromatic nitrogens is 1. The third-order valence-electron chi connectivity index (χ3n) is 4.09. The zero-order valence-electron chi connectivity index (χ0n) is 16.6. The van der Waals surface area contributed by atoms with Gasteiger partial charge in [0.25, 0.3) is 5.91 Å². The molecule has 1 aromatic rings. The molecular formula is C19H24BrN3O5. The van der Waals surface area contributed by atoms with E-state index in [9.17, 15) is 19.5 Å². The van der Waals surface area contributed by atoms with Crippen molar-refractivity contribution >= 4 is 39.8 Å². The van der Waals surface area contributed by atoms with Crippen LogP contribution in [0.15, 0.2) is 22.2 Å². The molecule has 0 aliphatic carbocycles. The molecule has 0 saturated heterocycles. The van der Waals surface area contributed by atoms with E-state index < -0.39 is 23.7 Å². The molecule has 1 aromatic heterocycles. The zero-order chi connectivity index (χ0) is 21.2. The summed E-state index contributed by atoms with van der Waals surface area (Å²) in [5.41, 5.74) is 0.924. The lowest BCUT2D eigenvalue weighted by molar-refractivity contribution is -0.115. The van der Waals surface area contributed by atoms with Crippen molar-refractivity contribution in [3.63, 3.8) is 0 Å². The van der Waals surface area contributed by atoms with Gasteiger partial charge in [0.05, 0.1) is 11.0 Å². The number of aryl methyl sites for hydroxylation is 2. The Kier molecular flexibility index (Phi) is 6.48. The summed E-state index contributed by atoms with van der Waals surface area (Å²) >= 11 is 3.37. The molecule has 2 heterocycles. The molecule has 1 aliphatic rings. The van der Waals surface area contributed by atoms with Gasteiger partial charge < -0.3 is 14.7 Å². The number of carboxylic acid groups (broad SMARTS) is 1. The molecule has 0 unspecified atom stereocenters. The van der Waals surface area contributed by atoms with E-state index in [0.29, 0.717) is 23.1 Å². The fraction of sp³-hybridized carbons (Fsp3) is 0.474. The van der Waals surface area contributed by atoms with Crippen LogP contribution in [0.4, 0.5) is 15.4 Å². The Morgan fingerprint density at radius 3 is 2.50 bits per heavy atom. The van der Waals surface area contributed by atoms with E-state index >= 15 is 0 Å². The van der Waals surface area contributed by atoms with Gasteiger partial charge in [0.2, 0.25) is 0 Å². The Hall–Kier alpha value is -2.42. The van der Waals surface area contributed by atoms with Crippen LogP contribution in [0.5, 0.6) is 0 Å². The number of carbonyl (C=O) groups excluding carboxylic acids is 2. The minimum Gasteiger partial charge on any atom is -0.465 e. The van der Waals surface area contributed by atoms with Crippen molar-refractivity contribution in [3.05, 3.63) is 33.4 Å². The summed E-state index contributed by atoms with van der Waals surface area (Å²) in [5, 5.41) is 9.23. The molecule has 28 heavy (non-hydrogen) atoms. The van der Waals surface area contributed by atoms with E-state index in [1.807, 2.05) is 6.92 Å². The van der Waals surface area contributed by atoms with Crippen molar-refractivity contribution in [3.8, 4) is 0 Å². The van der Waals surface area contributed by atoms with Gasteiger partial charge in [0.1, 0.15) is 5.60 Å². The fourth-order valence-corrected chi connectivity index (χ4v) is 3.20. The van der Waals surface area contributed by atoms with Crippen molar-refractivity contribution in [1.82, 2.24) is 9.88 Å². The van der Waals surface area contributed by atoms with E-state index in [0.717, 1.165) is 15.4 Å². The van der Waals surface area contributed by atoms with Gasteiger partial charge in [-0.25, -0.2) is 14.6 Å². The van der Waals surface area contributed by atoms with Crippen molar-refractivity contribution in [2.75, 3.05) is 18.0 Å². The zero-order valence-corrected chi connectivity index (χ0v) is 18.2. The molecule has 0 atom stereocenters. The topological polar surface area (TPSA) is 100 Å². The van der Waals surface area contributed by atoms with Crippen LogP contribution in [-0.2, 0) is 9.53 Å². The number of hydrogen-bond donors (Lipinski definition) is 1. The maximum absolute atomic E-state index is 13.2. The van der Waals surface area contributed by atoms with Gasteiger partial charge in [-0.15, -0.1) is 0 Å². The summed E-state index contributed by atoms with van der Waals surface area (Å²) in [6, 6.07) is 1.76. The molecule has 152 valence electrons. The first-order valence-electron chi connectivity index (χ1n) is 8.79. The number of ether oxygens (including phenoxy) is 1. The molecule has 3 amide bonds. The summed E-state index contributed by atoms with van der Waals surface area (Å²) in [4.78, 5) is 43.8. The molecule has 0 aromatic carbocycles. The van der Waals surface area contributed by atoms with Crippen LogP contribution in [0.25, 0.3) is 0 Å². The van der Waals surface area contributed by atoms with Crippen LogP contribution in [0, 0.1) is 13.8 Å². The Labute approximate surface area is 172 Å². The number of nitrogens with zero attached hydrogens (tertiary/aromatic N) is 3. The van der Waals surface area contributed by atoms with Gasteiger partial charge in [0, 0.05) is 17.8 Å². The van der Waals surface area contributed by atoms with Crippen LogP contribution in [-0.4, -0.2) is 51.8 Å². The fourth-order valence-electron chi connectivity index (χ4n) is 2.60. The Morgan fingerprint density at radius 2 is 1.93 bits per heavy atom. The summed E-state index contributed by atoms with van der Waals surface area (Å²) in [6.45, 7) is 8.92. The molecule has 2 rings (SSSR count). The number of carbonyl (C=O) groups is 3. The highest BCUT2D eigenvalue weighted by Crippen LogP contribution is 2.29. The quantitative estimate of drug-likeness (QED) is 0.724. The number of amides is 3. The van der Waals surface area contributed by atoms with Crippen molar-refractivity contribution in [1.29, 1.82) is 0 Å². The Balaban J connectivity index is 2.48. The van der Waals surface area contributed by atoms with Crippen molar-refractivity contribution < 1.29 is 24.2 Å². The van der Waals surface area contributed by atoms with Crippen LogP contribution in [0.1, 0.15) is 38.4 Å². The van der Waals surface area contributed by atoms with E-state index in [-0.39, 0.29) is 17.9 Å². The molecule has 0 spiro atoms. The molecule has 0 bridgehead atoms. The first-order valence-corrected chi connectivity index (χ1v) is 9.58. The second-order valence-corrected chi connectivity index (χ2v) is 8.39. The predicted octanol–water partition coefficient (Wildman–Crippen LogP) is 4.04. The standard InChI is InChI=1S/C19H24BrN3O5/c1-11-9-14(20)15(21-12(11)2)23(18(27)28-19(3,4)5)16(24)13-7-6-8-22(10-13)17(25)26/h7,9H,6,8,10H2,1-5H3,(H,25,26). The number of anilines is 1. The Morgan fingerprint density at radius 1 is 1.29 bits per heavy atom. The van der Waals surface area contributed by atoms with Crippen LogP contribution < -0.4 is 4.90 Å². The van der Waals surface area contributed by atoms with E-state index in [2.05, 4.69) is 20.9 Å². The number of hydrogen-bond acceptors (Lipinski definition) is 5. The lowest BCUT2D eigenvalue weighted by atomic mass is 10.1. The van der Waals surface area contributed by atoms with Crippen LogP contribution >= 0.6 is 15.9 Å².